The number of carboxylic acid groups (broad SMARTS) is 1. The van der Waals surface area contributed by atoms with Crippen LogP contribution in [0.5, 0.6) is 0 Å². The SMILES string of the molecule is C#CCC(=O)N(CC(=O)O)CC(C)C. The Bertz CT molecular complexity index is 253. The highest BCUT2D eigenvalue weighted by molar-refractivity contribution is 5.82. The van der Waals surface area contributed by atoms with E-state index in [1.807, 2.05) is 13.8 Å². The third-order valence-electron chi connectivity index (χ3n) is 1.52. The van der Waals surface area contributed by atoms with Crippen molar-refractivity contribution in [2.75, 3.05) is 13.1 Å². The summed E-state index contributed by atoms with van der Waals surface area (Å²) in [5.41, 5.74) is 0. The van der Waals surface area contributed by atoms with Gasteiger partial charge in [0.2, 0.25) is 5.91 Å². The zero-order valence-electron chi connectivity index (χ0n) is 8.49. The summed E-state index contributed by atoms with van der Waals surface area (Å²) in [6.45, 7) is 3.97. The van der Waals surface area contributed by atoms with Crippen molar-refractivity contribution in [3.05, 3.63) is 0 Å². The second-order valence-electron chi connectivity index (χ2n) is 3.44. The predicted molar refractivity (Wildman–Crippen MR) is 52.5 cm³/mol. The minimum Gasteiger partial charge on any atom is -0.480 e. The van der Waals surface area contributed by atoms with Crippen LogP contribution >= 0.6 is 0 Å². The molecule has 1 amide bonds. The van der Waals surface area contributed by atoms with E-state index in [9.17, 15) is 9.59 Å². The number of hydrogen-bond donors (Lipinski definition) is 1. The molecule has 0 bridgehead atoms. The molecule has 0 aliphatic heterocycles. The number of carboxylic acids is 1. The first-order valence-electron chi connectivity index (χ1n) is 4.40. The van der Waals surface area contributed by atoms with Gasteiger partial charge in [-0.15, -0.1) is 6.42 Å². The standard InChI is InChI=1S/C10H15NO3/c1-4-5-9(12)11(6-8(2)3)7-10(13)14/h1,8H,5-7H2,2-3H3,(H,13,14). The lowest BCUT2D eigenvalue weighted by atomic mass is 10.2. The topological polar surface area (TPSA) is 57.6 Å². The molecular weight excluding hydrogens is 182 g/mol. The first kappa shape index (κ1) is 12.5. The molecule has 4 heteroatoms. The van der Waals surface area contributed by atoms with E-state index in [4.69, 9.17) is 11.5 Å². The Labute approximate surface area is 83.9 Å². The van der Waals surface area contributed by atoms with E-state index in [2.05, 4.69) is 5.92 Å². The van der Waals surface area contributed by atoms with Crippen LogP contribution in [0.4, 0.5) is 0 Å². The summed E-state index contributed by atoms with van der Waals surface area (Å²) in [6, 6.07) is 0. The van der Waals surface area contributed by atoms with Gasteiger partial charge < -0.3 is 10.0 Å². The molecule has 14 heavy (non-hydrogen) atoms. The average molecular weight is 197 g/mol. The van der Waals surface area contributed by atoms with Gasteiger partial charge in [0.15, 0.2) is 0 Å². The maximum absolute atomic E-state index is 11.3. The molecular formula is C10H15NO3. The zero-order valence-corrected chi connectivity index (χ0v) is 8.49. The molecule has 0 saturated carbocycles. The lowest BCUT2D eigenvalue weighted by Crippen LogP contribution is -2.37. The van der Waals surface area contributed by atoms with Crippen molar-refractivity contribution >= 4 is 11.9 Å². The van der Waals surface area contributed by atoms with Gasteiger partial charge in [-0.1, -0.05) is 19.8 Å². The molecule has 78 valence electrons. The number of aliphatic carboxylic acids is 1. The molecule has 0 fully saturated rings. The first-order valence-corrected chi connectivity index (χ1v) is 4.40. The van der Waals surface area contributed by atoms with Gasteiger partial charge in [-0.25, -0.2) is 0 Å². The molecule has 0 heterocycles. The van der Waals surface area contributed by atoms with Crippen molar-refractivity contribution < 1.29 is 14.7 Å². The van der Waals surface area contributed by atoms with E-state index >= 15 is 0 Å². The molecule has 0 aromatic rings. The van der Waals surface area contributed by atoms with Crippen LogP contribution < -0.4 is 0 Å². The van der Waals surface area contributed by atoms with Crippen molar-refractivity contribution in [3.63, 3.8) is 0 Å². The van der Waals surface area contributed by atoms with E-state index in [0.29, 0.717) is 6.54 Å². The molecule has 0 spiro atoms. The fourth-order valence-electron chi connectivity index (χ4n) is 1.06. The van der Waals surface area contributed by atoms with Crippen LogP contribution in [0.3, 0.4) is 0 Å². The molecule has 4 nitrogen and oxygen atoms in total. The molecule has 0 saturated heterocycles. The highest BCUT2D eigenvalue weighted by Gasteiger charge is 2.16. The Hall–Kier alpha value is -1.50. The maximum Gasteiger partial charge on any atom is 0.323 e. The number of carbonyl (C=O) groups is 2. The number of rotatable bonds is 5. The number of amides is 1. The van der Waals surface area contributed by atoms with E-state index in [0.717, 1.165) is 0 Å². The molecule has 0 aromatic carbocycles. The van der Waals surface area contributed by atoms with Crippen molar-refractivity contribution in [1.29, 1.82) is 0 Å². The summed E-state index contributed by atoms with van der Waals surface area (Å²) >= 11 is 0. The predicted octanol–water partition coefficient (Wildman–Crippen LogP) is 0.579. The second kappa shape index (κ2) is 6.03. The largest absolute Gasteiger partial charge is 0.480 e. The average Bonchev–Trinajstić information content (AvgIpc) is 2.01. The molecule has 0 unspecified atom stereocenters. The molecule has 1 N–H and O–H groups in total. The van der Waals surface area contributed by atoms with Gasteiger partial charge in [-0.2, -0.15) is 0 Å². The van der Waals surface area contributed by atoms with Crippen LogP contribution in [0.2, 0.25) is 0 Å². The Morgan fingerprint density at radius 2 is 2.07 bits per heavy atom. The Morgan fingerprint density at radius 1 is 1.50 bits per heavy atom. The minimum absolute atomic E-state index is 0.0417. The highest BCUT2D eigenvalue weighted by Crippen LogP contribution is 2.00. The third-order valence-corrected chi connectivity index (χ3v) is 1.52. The van der Waals surface area contributed by atoms with Crippen LogP contribution in [0.1, 0.15) is 20.3 Å². The summed E-state index contributed by atoms with van der Waals surface area (Å²) in [5, 5.41) is 8.57. The fraction of sp³-hybridized carbons (Fsp3) is 0.600. The van der Waals surface area contributed by atoms with Crippen LogP contribution in [0.25, 0.3) is 0 Å². The summed E-state index contributed by atoms with van der Waals surface area (Å²) < 4.78 is 0. The highest BCUT2D eigenvalue weighted by atomic mass is 16.4. The van der Waals surface area contributed by atoms with E-state index in [-0.39, 0.29) is 24.8 Å². The summed E-state index contributed by atoms with van der Waals surface area (Å²) in [7, 11) is 0. The van der Waals surface area contributed by atoms with Gasteiger partial charge in [0.25, 0.3) is 0 Å². The lowest BCUT2D eigenvalue weighted by Gasteiger charge is -2.21. The van der Waals surface area contributed by atoms with Crippen LogP contribution in [-0.4, -0.2) is 35.0 Å². The summed E-state index contributed by atoms with van der Waals surface area (Å²) in [6.07, 6.45) is 4.94. The van der Waals surface area contributed by atoms with Gasteiger partial charge in [-0.3, -0.25) is 9.59 Å². The zero-order chi connectivity index (χ0) is 11.1. The molecule has 0 aliphatic rings. The number of nitrogens with zero attached hydrogens (tertiary/aromatic N) is 1. The summed E-state index contributed by atoms with van der Waals surface area (Å²) in [4.78, 5) is 23.1. The second-order valence-corrected chi connectivity index (χ2v) is 3.44. The number of hydrogen-bond acceptors (Lipinski definition) is 2. The van der Waals surface area contributed by atoms with Crippen LogP contribution in [0.15, 0.2) is 0 Å². The molecule has 0 atom stereocenters. The van der Waals surface area contributed by atoms with Gasteiger partial charge in [0.05, 0.1) is 6.42 Å². The van der Waals surface area contributed by atoms with Crippen LogP contribution in [-0.2, 0) is 9.59 Å². The maximum atomic E-state index is 11.3. The van der Waals surface area contributed by atoms with Gasteiger partial charge in [0.1, 0.15) is 6.54 Å². The van der Waals surface area contributed by atoms with E-state index < -0.39 is 5.97 Å². The van der Waals surface area contributed by atoms with E-state index in [1.54, 1.807) is 0 Å². The van der Waals surface area contributed by atoms with Crippen molar-refractivity contribution in [2.24, 2.45) is 5.92 Å². The molecule has 0 rings (SSSR count). The van der Waals surface area contributed by atoms with Gasteiger partial charge >= 0.3 is 5.97 Å². The summed E-state index contributed by atoms with van der Waals surface area (Å²) in [5.74, 6) is 1.12. The van der Waals surface area contributed by atoms with Crippen molar-refractivity contribution in [1.82, 2.24) is 4.90 Å². The monoisotopic (exact) mass is 197 g/mol. The van der Waals surface area contributed by atoms with Crippen molar-refractivity contribution in [2.45, 2.75) is 20.3 Å². The van der Waals surface area contributed by atoms with E-state index in [1.165, 1.54) is 4.90 Å². The fourth-order valence-corrected chi connectivity index (χ4v) is 1.06. The van der Waals surface area contributed by atoms with Gasteiger partial charge in [-0.05, 0) is 5.92 Å². The molecule has 0 aliphatic carbocycles. The third kappa shape index (κ3) is 5.20. The first-order chi connectivity index (χ1) is 6.47. The Morgan fingerprint density at radius 3 is 2.43 bits per heavy atom. The number of carbonyl (C=O) groups excluding carboxylic acids is 1. The number of terminal acetylenes is 1. The molecule has 0 aromatic heterocycles. The van der Waals surface area contributed by atoms with Crippen LogP contribution in [0, 0.1) is 18.3 Å². The normalized spacial score (nSPS) is 9.57. The molecule has 0 radical (unpaired) electrons. The quantitative estimate of drug-likeness (QED) is 0.656. The van der Waals surface area contributed by atoms with Crippen molar-refractivity contribution in [3.8, 4) is 12.3 Å². The minimum atomic E-state index is -1.02. The lowest BCUT2D eigenvalue weighted by molar-refractivity contribution is -0.144. The Kier molecular flexibility index (Phi) is 5.38. The van der Waals surface area contributed by atoms with Gasteiger partial charge in [0, 0.05) is 6.54 Å². The smallest absolute Gasteiger partial charge is 0.323 e. The Balaban J connectivity index is 4.31.